The molecule has 10 nitrogen and oxygen atoms in total. The van der Waals surface area contributed by atoms with E-state index in [1.54, 1.807) is 17.0 Å². The van der Waals surface area contributed by atoms with Gasteiger partial charge in [0, 0.05) is 37.8 Å². The molecule has 2 aromatic carbocycles. The minimum atomic E-state index is -0.527. The van der Waals surface area contributed by atoms with Crippen molar-refractivity contribution in [3.05, 3.63) is 70.3 Å². The average Bonchev–Trinajstić information content (AvgIpc) is 3.32. The summed E-state index contributed by atoms with van der Waals surface area (Å²) in [6.45, 7) is 2.22. The van der Waals surface area contributed by atoms with E-state index in [0.29, 0.717) is 43.5 Å². The highest BCUT2D eigenvalue weighted by Crippen LogP contribution is 2.35. The van der Waals surface area contributed by atoms with Crippen molar-refractivity contribution in [2.75, 3.05) is 37.9 Å². The van der Waals surface area contributed by atoms with Crippen LogP contribution in [0.5, 0.6) is 11.5 Å². The van der Waals surface area contributed by atoms with E-state index in [-0.39, 0.29) is 24.0 Å². The lowest BCUT2D eigenvalue weighted by molar-refractivity contribution is -0.385. The molecule has 0 spiro atoms. The summed E-state index contributed by atoms with van der Waals surface area (Å²) in [7, 11) is 0. The maximum absolute atomic E-state index is 12.8. The number of carbonyl (C=O) groups excluding carboxylic acids is 1. The number of ether oxygens (including phenoxy) is 2. The fourth-order valence-electron chi connectivity index (χ4n) is 3.83. The van der Waals surface area contributed by atoms with Crippen molar-refractivity contribution < 1.29 is 19.2 Å². The number of fused-ring (bicyclic) bond motifs is 1. The lowest BCUT2D eigenvalue weighted by Gasteiger charge is -2.35. The van der Waals surface area contributed by atoms with Crippen LogP contribution >= 0.6 is 0 Å². The number of hydrogen-bond acceptors (Lipinski definition) is 8. The molecule has 0 bridgehead atoms. The highest BCUT2D eigenvalue weighted by atomic mass is 16.7. The van der Waals surface area contributed by atoms with Crippen LogP contribution in [0.25, 0.3) is 11.3 Å². The van der Waals surface area contributed by atoms with Gasteiger partial charge < -0.3 is 19.3 Å². The molecule has 1 fully saturated rings. The normalized spacial score (nSPS) is 15.0. The van der Waals surface area contributed by atoms with E-state index in [1.165, 1.54) is 12.1 Å². The lowest BCUT2D eigenvalue weighted by Crippen LogP contribution is -2.49. The number of piperazine rings is 1. The minimum absolute atomic E-state index is 0.110. The zero-order valence-corrected chi connectivity index (χ0v) is 17.0. The molecular formula is C22H19N5O5. The molecule has 1 saturated heterocycles. The molecule has 3 aromatic rings. The average molecular weight is 433 g/mol. The van der Waals surface area contributed by atoms with Crippen LogP contribution in [0.1, 0.15) is 10.4 Å². The summed E-state index contributed by atoms with van der Waals surface area (Å²) in [4.78, 5) is 27.2. The lowest BCUT2D eigenvalue weighted by atomic mass is 10.1. The molecular weight excluding hydrogens is 414 g/mol. The number of anilines is 1. The van der Waals surface area contributed by atoms with E-state index >= 15 is 0 Å². The molecule has 1 aromatic heterocycles. The first-order valence-corrected chi connectivity index (χ1v) is 10.1. The third kappa shape index (κ3) is 3.66. The number of aromatic nitrogens is 2. The molecule has 1 amide bonds. The second-order valence-corrected chi connectivity index (χ2v) is 7.40. The summed E-state index contributed by atoms with van der Waals surface area (Å²) in [6, 6.07) is 15.4. The Hall–Kier alpha value is -4.21. The highest BCUT2D eigenvalue weighted by molar-refractivity contribution is 5.98. The molecule has 32 heavy (non-hydrogen) atoms. The zero-order chi connectivity index (χ0) is 22.1. The molecule has 162 valence electrons. The van der Waals surface area contributed by atoms with Crippen molar-refractivity contribution in [2.24, 2.45) is 0 Å². The Morgan fingerprint density at radius 3 is 2.47 bits per heavy atom. The van der Waals surface area contributed by atoms with Gasteiger partial charge in [0.05, 0.1) is 10.6 Å². The Labute approximate surface area is 183 Å². The predicted octanol–water partition coefficient (Wildman–Crippen LogP) is 2.74. The van der Waals surface area contributed by atoms with E-state index in [2.05, 4.69) is 10.2 Å². The standard InChI is InChI=1S/C22H19N5O5/c28-22(16-3-1-2-4-18(16)27(29)30)26-11-9-25(10-12-26)21-8-6-17(23-24-21)15-5-7-19-20(13-15)32-14-31-19/h1-8,13H,9-12,14H2. The minimum Gasteiger partial charge on any atom is -0.454 e. The number of hydrogen-bond donors (Lipinski definition) is 0. The number of rotatable bonds is 4. The Balaban J connectivity index is 1.25. The molecule has 0 atom stereocenters. The second-order valence-electron chi connectivity index (χ2n) is 7.40. The third-order valence-electron chi connectivity index (χ3n) is 5.54. The van der Waals surface area contributed by atoms with E-state index in [0.717, 1.165) is 11.3 Å². The molecule has 0 aliphatic carbocycles. The fraction of sp³-hybridized carbons (Fsp3) is 0.227. The molecule has 3 heterocycles. The van der Waals surface area contributed by atoms with Crippen molar-refractivity contribution >= 4 is 17.4 Å². The predicted molar refractivity (Wildman–Crippen MR) is 115 cm³/mol. The summed E-state index contributed by atoms with van der Waals surface area (Å²) in [5.74, 6) is 1.79. The van der Waals surface area contributed by atoms with Crippen LogP contribution in [0, 0.1) is 10.1 Å². The molecule has 0 unspecified atom stereocenters. The molecule has 0 radical (unpaired) electrons. The van der Waals surface area contributed by atoms with Gasteiger partial charge in [0.15, 0.2) is 17.3 Å². The first-order chi connectivity index (χ1) is 15.6. The summed E-state index contributed by atoms with van der Waals surface area (Å²) < 4.78 is 10.7. The number of carbonyl (C=O) groups is 1. The number of para-hydroxylation sites is 1. The number of nitro benzene ring substituents is 1. The van der Waals surface area contributed by atoms with Crippen LogP contribution in [0.15, 0.2) is 54.6 Å². The molecule has 0 saturated carbocycles. The van der Waals surface area contributed by atoms with E-state index in [4.69, 9.17) is 9.47 Å². The van der Waals surface area contributed by atoms with Gasteiger partial charge in [0.2, 0.25) is 6.79 Å². The van der Waals surface area contributed by atoms with Gasteiger partial charge in [-0.25, -0.2) is 0 Å². The molecule has 10 heteroatoms. The quantitative estimate of drug-likeness (QED) is 0.456. The Bertz CT molecular complexity index is 1180. The monoisotopic (exact) mass is 433 g/mol. The second kappa shape index (κ2) is 8.14. The summed E-state index contributed by atoms with van der Waals surface area (Å²) in [5, 5.41) is 19.9. The van der Waals surface area contributed by atoms with Crippen molar-refractivity contribution in [3.8, 4) is 22.8 Å². The van der Waals surface area contributed by atoms with E-state index in [9.17, 15) is 14.9 Å². The maximum Gasteiger partial charge on any atom is 0.282 e. The highest BCUT2D eigenvalue weighted by Gasteiger charge is 2.27. The van der Waals surface area contributed by atoms with Gasteiger partial charge in [-0.3, -0.25) is 14.9 Å². The van der Waals surface area contributed by atoms with Crippen molar-refractivity contribution in [2.45, 2.75) is 0 Å². The van der Waals surface area contributed by atoms with Crippen molar-refractivity contribution in [3.63, 3.8) is 0 Å². The van der Waals surface area contributed by atoms with Gasteiger partial charge >= 0.3 is 0 Å². The van der Waals surface area contributed by atoms with Crippen LogP contribution < -0.4 is 14.4 Å². The SMILES string of the molecule is O=C(c1ccccc1[N+](=O)[O-])N1CCN(c2ccc(-c3ccc4c(c3)OCO4)nn2)CC1. The van der Waals surface area contributed by atoms with Crippen molar-refractivity contribution in [1.29, 1.82) is 0 Å². The number of amides is 1. The fourth-order valence-corrected chi connectivity index (χ4v) is 3.83. The van der Waals surface area contributed by atoms with Crippen LogP contribution in [0.4, 0.5) is 11.5 Å². The van der Waals surface area contributed by atoms with Crippen LogP contribution in [-0.2, 0) is 0 Å². The largest absolute Gasteiger partial charge is 0.454 e. The number of nitrogens with zero attached hydrogens (tertiary/aromatic N) is 5. The van der Waals surface area contributed by atoms with Gasteiger partial charge in [-0.05, 0) is 36.4 Å². The Morgan fingerprint density at radius 1 is 0.938 bits per heavy atom. The maximum atomic E-state index is 12.8. The van der Waals surface area contributed by atoms with Crippen LogP contribution in [-0.4, -0.2) is 58.9 Å². The third-order valence-corrected chi connectivity index (χ3v) is 5.54. The first-order valence-electron chi connectivity index (χ1n) is 10.1. The van der Waals surface area contributed by atoms with Crippen molar-refractivity contribution in [1.82, 2.24) is 15.1 Å². The topological polar surface area (TPSA) is 111 Å². The van der Waals surface area contributed by atoms with Gasteiger partial charge in [0.1, 0.15) is 5.56 Å². The number of nitro groups is 1. The summed E-state index contributed by atoms with van der Waals surface area (Å²) in [6.07, 6.45) is 0. The van der Waals surface area contributed by atoms with Crippen LogP contribution in [0.3, 0.4) is 0 Å². The number of benzene rings is 2. The summed E-state index contributed by atoms with van der Waals surface area (Å²) in [5.41, 5.74) is 1.54. The Morgan fingerprint density at radius 2 is 1.72 bits per heavy atom. The van der Waals surface area contributed by atoms with Gasteiger partial charge in [0.25, 0.3) is 11.6 Å². The van der Waals surface area contributed by atoms with Gasteiger partial charge in [-0.15, -0.1) is 10.2 Å². The molecule has 2 aliphatic heterocycles. The van der Waals surface area contributed by atoms with Crippen LogP contribution in [0.2, 0.25) is 0 Å². The van der Waals surface area contributed by atoms with E-state index in [1.807, 2.05) is 35.2 Å². The Kier molecular flexibility index (Phi) is 5.02. The zero-order valence-electron chi connectivity index (χ0n) is 17.0. The molecule has 5 rings (SSSR count). The smallest absolute Gasteiger partial charge is 0.282 e. The van der Waals surface area contributed by atoms with E-state index < -0.39 is 4.92 Å². The van der Waals surface area contributed by atoms with Gasteiger partial charge in [-0.2, -0.15) is 0 Å². The molecule has 0 N–H and O–H groups in total. The first kappa shape index (κ1) is 19.7. The van der Waals surface area contributed by atoms with Gasteiger partial charge in [-0.1, -0.05) is 12.1 Å². The molecule has 2 aliphatic rings. The summed E-state index contributed by atoms with van der Waals surface area (Å²) >= 11 is 0.